The highest BCUT2D eigenvalue weighted by Crippen LogP contribution is 2.25. The number of carbonyl (C=O) groups is 2. The molecule has 0 fully saturated rings. The number of rotatable bonds is 3. The highest BCUT2D eigenvalue weighted by atomic mass is 79.9. The number of carboxylic acids is 1. The van der Waals surface area contributed by atoms with Crippen molar-refractivity contribution in [2.45, 2.75) is 0 Å². The van der Waals surface area contributed by atoms with Gasteiger partial charge in [0.2, 0.25) is 0 Å². The van der Waals surface area contributed by atoms with Crippen molar-refractivity contribution in [2.24, 2.45) is 0 Å². The molecule has 2 aromatic rings. The average molecular weight is 351 g/mol. The molecule has 0 bridgehead atoms. The molecule has 0 atom stereocenters. The third-order valence-corrected chi connectivity index (χ3v) is 3.40. The predicted octanol–water partition coefficient (Wildman–Crippen LogP) is 2.69. The molecular weight excluding hydrogens is 340 g/mol. The molecule has 0 saturated carbocycles. The van der Waals surface area contributed by atoms with Crippen LogP contribution in [0.25, 0.3) is 0 Å². The first-order valence-corrected chi connectivity index (χ1v) is 6.60. The molecule has 0 aliphatic rings. The molecule has 0 aromatic heterocycles. The van der Waals surface area contributed by atoms with Crippen LogP contribution in [0.1, 0.15) is 20.7 Å². The average Bonchev–Trinajstić information content (AvgIpc) is 2.41. The smallest absolute Gasteiger partial charge is 0.337 e. The van der Waals surface area contributed by atoms with E-state index in [2.05, 4.69) is 21.2 Å². The molecule has 7 heteroatoms. The predicted molar refractivity (Wildman–Crippen MR) is 81.6 cm³/mol. The Morgan fingerprint density at radius 2 is 1.86 bits per heavy atom. The van der Waals surface area contributed by atoms with Gasteiger partial charge in [-0.3, -0.25) is 4.79 Å². The molecule has 1 amide bonds. The Kier molecular flexibility index (Phi) is 4.13. The number of nitrogens with one attached hydrogen (secondary N) is 1. The summed E-state index contributed by atoms with van der Waals surface area (Å²) < 4.78 is 0.453. The van der Waals surface area contributed by atoms with E-state index in [1.165, 1.54) is 36.4 Å². The van der Waals surface area contributed by atoms with E-state index in [9.17, 15) is 14.7 Å². The molecule has 2 rings (SSSR count). The molecule has 0 aliphatic heterocycles. The Morgan fingerprint density at radius 1 is 1.14 bits per heavy atom. The van der Waals surface area contributed by atoms with Crippen LogP contribution in [0.15, 0.2) is 40.9 Å². The Balaban J connectivity index is 2.33. The number of nitrogen functional groups attached to an aromatic ring is 1. The second-order valence-electron chi connectivity index (χ2n) is 4.23. The third kappa shape index (κ3) is 3.32. The summed E-state index contributed by atoms with van der Waals surface area (Å²) in [6.07, 6.45) is 0. The van der Waals surface area contributed by atoms with Crippen LogP contribution >= 0.6 is 15.9 Å². The zero-order valence-corrected chi connectivity index (χ0v) is 12.2. The van der Waals surface area contributed by atoms with Crippen LogP contribution in [0.4, 0.5) is 11.4 Å². The molecule has 6 nitrogen and oxygen atoms in total. The molecule has 108 valence electrons. The van der Waals surface area contributed by atoms with E-state index in [0.29, 0.717) is 10.2 Å². The standard InChI is InChI=1S/C14H11BrN2O4/c15-10-4-1-7(5-12(10)18)13(19)17-11-6-8(16)2-3-9(11)14(20)21/h1-6,18H,16H2,(H,17,19)(H,20,21). The van der Waals surface area contributed by atoms with Crippen LogP contribution in [0, 0.1) is 0 Å². The summed E-state index contributed by atoms with van der Waals surface area (Å²) >= 11 is 3.11. The van der Waals surface area contributed by atoms with Crippen LogP contribution in [0.2, 0.25) is 0 Å². The van der Waals surface area contributed by atoms with Crippen molar-refractivity contribution >= 4 is 39.2 Å². The monoisotopic (exact) mass is 350 g/mol. The third-order valence-electron chi connectivity index (χ3n) is 2.73. The lowest BCUT2D eigenvalue weighted by Gasteiger charge is -2.10. The summed E-state index contributed by atoms with van der Waals surface area (Å²) in [4.78, 5) is 23.2. The van der Waals surface area contributed by atoms with Gasteiger partial charge >= 0.3 is 5.97 Å². The number of halogens is 1. The maximum atomic E-state index is 12.1. The summed E-state index contributed by atoms with van der Waals surface area (Å²) in [5.41, 5.74) is 6.13. The minimum atomic E-state index is -1.18. The van der Waals surface area contributed by atoms with Crippen molar-refractivity contribution in [2.75, 3.05) is 11.1 Å². The fourth-order valence-electron chi connectivity index (χ4n) is 1.70. The van der Waals surface area contributed by atoms with E-state index in [-0.39, 0.29) is 22.6 Å². The second-order valence-corrected chi connectivity index (χ2v) is 5.08. The van der Waals surface area contributed by atoms with Crippen molar-refractivity contribution in [1.82, 2.24) is 0 Å². The van der Waals surface area contributed by atoms with Gasteiger partial charge < -0.3 is 21.3 Å². The molecule has 2 aromatic carbocycles. The van der Waals surface area contributed by atoms with Gasteiger partial charge in [-0.05, 0) is 52.3 Å². The van der Waals surface area contributed by atoms with E-state index in [4.69, 9.17) is 10.8 Å². The van der Waals surface area contributed by atoms with E-state index < -0.39 is 11.9 Å². The van der Waals surface area contributed by atoms with Gasteiger partial charge in [-0.15, -0.1) is 0 Å². The van der Waals surface area contributed by atoms with Gasteiger partial charge in [-0.25, -0.2) is 4.79 Å². The number of aromatic carboxylic acids is 1. The number of hydrogen-bond donors (Lipinski definition) is 4. The molecule has 0 spiro atoms. The van der Waals surface area contributed by atoms with Crippen molar-refractivity contribution in [3.05, 3.63) is 52.0 Å². The van der Waals surface area contributed by atoms with E-state index in [1.54, 1.807) is 0 Å². The Bertz CT molecular complexity index is 731. The summed E-state index contributed by atoms with van der Waals surface area (Å²) in [6, 6.07) is 8.39. The van der Waals surface area contributed by atoms with Gasteiger partial charge in [-0.2, -0.15) is 0 Å². The minimum absolute atomic E-state index is 0.0705. The number of phenols is 1. The van der Waals surface area contributed by atoms with Gasteiger partial charge in [-0.1, -0.05) is 0 Å². The summed E-state index contributed by atoms with van der Waals surface area (Å²) in [6.45, 7) is 0. The first-order chi connectivity index (χ1) is 9.88. The highest BCUT2D eigenvalue weighted by Gasteiger charge is 2.14. The van der Waals surface area contributed by atoms with Crippen molar-refractivity contribution < 1.29 is 19.8 Å². The Labute approximate surface area is 128 Å². The van der Waals surface area contributed by atoms with Crippen LogP contribution < -0.4 is 11.1 Å². The lowest BCUT2D eigenvalue weighted by Crippen LogP contribution is -2.15. The van der Waals surface area contributed by atoms with Gasteiger partial charge in [0.25, 0.3) is 5.91 Å². The summed E-state index contributed by atoms with van der Waals surface area (Å²) in [5.74, 6) is -1.82. The minimum Gasteiger partial charge on any atom is -0.507 e. The van der Waals surface area contributed by atoms with Gasteiger partial charge in [0.05, 0.1) is 15.7 Å². The van der Waals surface area contributed by atoms with E-state index in [1.807, 2.05) is 0 Å². The van der Waals surface area contributed by atoms with E-state index in [0.717, 1.165) is 0 Å². The maximum Gasteiger partial charge on any atom is 0.337 e. The first kappa shape index (κ1) is 14.9. The molecule has 21 heavy (non-hydrogen) atoms. The van der Waals surface area contributed by atoms with Crippen molar-refractivity contribution in [3.63, 3.8) is 0 Å². The topological polar surface area (TPSA) is 113 Å². The van der Waals surface area contributed by atoms with Gasteiger partial charge in [0.15, 0.2) is 0 Å². The van der Waals surface area contributed by atoms with Crippen molar-refractivity contribution in [1.29, 1.82) is 0 Å². The van der Waals surface area contributed by atoms with Crippen LogP contribution in [-0.4, -0.2) is 22.1 Å². The van der Waals surface area contributed by atoms with E-state index >= 15 is 0 Å². The normalized spacial score (nSPS) is 10.1. The number of nitrogens with two attached hydrogens (primary N) is 1. The van der Waals surface area contributed by atoms with Gasteiger partial charge in [0, 0.05) is 11.3 Å². The zero-order chi connectivity index (χ0) is 15.6. The first-order valence-electron chi connectivity index (χ1n) is 5.81. The lowest BCUT2D eigenvalue weighted by molar-refractivity contribution is 0.0698. The van der Waals surface area contributed by atoms with Crippen LogP contribution in [-0.2, 0) is 0 Å². The van der Waals surface area contributed by atoms with Crippen LogP contribution in [0.3, 0.4) is 0 Å². The number of benzene rings is 2. The molecule has 0 radical (unpaired) electrons. The Hall–Kier alpha value is -2.54. The number of phenolic OH excluding ortho intramolecular Hbond substituents is 1. The SMILES string of the molecule is Nc1ccc(C(=O)O)c(NC(=O)c2ccc(Br)c(O)c2)c1. The lowest BCUT2D eigenvalue weighted by atomic mass is 10.1. The zero-order valence-electron chi connectivity index (χ0n) is 10.6. The fourth-order valence-corrected chi connectivity index (χ4v) is 1.95. The molecular formula is C14H11BrN2O4. The van der Waals surface area contributed by atoms with Crippen molar-refractivity contribution in [3.8, 4) is 5.75 Å². The number of amides is 1. The number of carbonyl (C=O) groups excluding carboxylic acids is 1. The Morgan fingerprint density at radius 3 is 2.48 bits per heavy atom. The number of anilines is 2. The summed E-state index contributed by atoms with van der Waals surface area (Å²) in [7, 11) is 0. The quantitative estimate of drug-likeness (QED) is 0.635. The number of hydrogen-bond acceptors (Lipinski definition) is 4. The van der Waals surface area contributed by atoms with Gasteiger partial charge in [0.1, 0.15) is 5.75 Å². The summed E-state index contributed by atoms with van der Waals surface area (Å²) in [5, 5.41) is 21.1. The molecule has 0 unspecified atom stereocenters. The molecule has 0 heterocycles. The molecule has 0 aliphatic carbocycles. The largest absolute Gasteiger partial charge is 0.507 e. The second kappa shape index (κ2) is 5.84. The maximum absolute atomic E-state index is 12.1. The fraction of sp³-hybridized carbons (Fsp3) is 0. The molecule has 0 saturated heterocycles. The highest BCUT2D eigenvalue weighted by molar-refractivity contribution is 9.10. The molecule has 5 N–H and O–H groups in total. The number of aromatic hydroxyl groups is 1. The van der Waals surface area contributed by atoms with Crippen LogP contribution in [0.5, 0.6) is 5.75 Å². The number of carboxylic acid groups (broad SMARTS) is 1.